The summed E-state index contributed by atoms with van der Waals surface area (Å²) in [5.41, 5.74) is 7.40. The lowest BCUT2D eigenvalue weighted by Crippen LogP contribution is -2.27. The normalized spacial score (nSPS) is 15.2. The second-order valence-electron chi connectivity index (χ2n) is 6.17. The van der Waals surface area contributed by atoms with Gasteiger partial charge in [0, 0.05) is 11.4 Å². The van der Waals surface area contributed by atoms with Crippen molar-refractivity contribution in [1.29, 1.82) is 0 Å². The van der Waals surface area contributed by atoms with Crippen molar-refractivity contribution in [3.8, 4) is 0 Å². The van der Waals surface area contributed by atoms with Gasteiger partial charge in [0.2, 0.25) is 0 Å². The molecule has 1 saturated carbocycles. The van der Waals surface area contributed by atoms with Crippen molar-refractivity contribution in [1.82, 2.24) is 14.9 Å². The maximum Gasteiger partial charge on any atom is 0.146 e. The van der Waals surface area contributed by atoms with Crippen molar-refractivity contribution in [3.63, 3.8) is 0 Å². The van der Waals surface area contributed by atoms with Gasteiger partial charge in [0.25, 0.3) is 0 Å². The Labute approximate surface area is 130 Å². The summed E-state index contributed by atoms with van der Waals surface area (Å²) in [4.78, 5) is 14.1. The number of nitrogens with zero attached hydrogens (tertiary/aromatic N) is 3. The van der Waals surface area contributed by atoms with Gasteiger partial charge in [-0.1, -0.05) is 6.92 Å². The first-order valence-corrected chi connectivity index (χ1v) is 8.64. The zero-order chi connectivity index (χ0) is 15.0. The van der Waals surface area contributed by atoms with Crippen LogP contribution in [0.3, 0.4) is 0 Å². The largest absolute Gasteiger partial charge is 0.383 e. The second kappa shape index (κ2) is 5.89. The molecule has 0 saturated heterocycles. The number of nitrogen functional groups attached to an aromatic ring is 1. The summed E-state index contributed by atoms with van der Waals surface area (Å²) in [5.74, 6) is 2.40. The summed E-state index contributed by atoms with van der Waals surface area (Å²) < 4.78 is 0. The number of hydrogen-bond acceptors (Lipinski definition) is 5. The number of thiophene rings is 1. The lowest BCUT2D eigenvalue weighted by molar-refractivity contribution is 0.249. The van der Waals surface area contributed by atoms with E-state index in [1.165, 1.54) is 36.2 Å². The van der Waals surface area contributed by atoms with Gasteiger partial charge in [-0.3, -0.25) is 4.90 Å². The molecule has 114 valence electrons. The number of nitrogens with two attached hydrogens (primary N) is 1. The SMILES string of the molecule is CCCN(Cc1nc(N)c2c(C)c(C)sc2n1)CC1CC1. The zero-order valence-electron chi connectivity index (χ0n) is 13.1. The van der Waals surface area contributed by atoms with Crippen molar-refractivity contribution in [2.24, 2.45) is 5.92 Å². The molecule has 4 nitrogen and oxygen atoms in total. The molecule has 0 spiro atoms. The van der Waals surface area contributed by atoms with E-state index in [2.05, 4.69) is 30.7 Å². The van der Waals surface area contributed by atoms with Crippen LogP contribution in [0.15, 0.2) is 0 Å². The zero-order valence-corrected chi connectivity index (χ0v) is 14.0. The molecule has 0 bridgehead atoms. The highest BCUT2D eigenvalue weighted by atomic mass is 32.1. The molecule has 5 heteroatoms. The topological polar surface area (TPSA) is 55.0 Å². The minimum Gasteiger partial charge on any atom is -0.383 e. The summed E-state index contributed by atoms with van der Waals surface area (Å²) in [5, 5.41) is 1.05. The predicted octanol–water partition coefficient (Wildman–Crippen LogP) is 3.51. The molecule has 0 atom stereocenters. The van der Waals surface area contributed by atoms with Crippen LogP contribution in [0.25, 0.3) is 10.2 Å². The molecule has 0 unspecified atom stereocenters. The number of aromatic nitrogens is 2. The Balaban J connectivity index is 1.85. The quantitative estimate of drug-likeness (QED) is 0.887. The number of aryl methyl sites for hydroxylation is 2. The molecule has 0 aromatic carbocycles. The van der Waals surface area contributed by atoms with E-state index in [0.29, 0.717) is 5.82 Å². The van der Waals surface area contributed by atoms with Crippen LogP contribution in [0.1, 0.15) is 42.5 Å². The third kappa shape index (κ3) is 3.19. The highest BCUT2D eigenvalue weighted by Gasteiger charge is 2.24. The highest BCUT2D eigenvalue weighted by Crippen LogP contribution is 2.33. The smallest absolute Gasteiger partial charge is 0.146 e. The molecular formula is C16H24N4S. The average Bonchev–Trinajstić information content (AvgIpc) is 3.17. The number of fused-ring (bicyclic) bond motifs is 1. The Morgan fingerprint density at radius 3 is 2.71 bits per heavy atom. The van der Waals surface area contributed by atoms with Gasteiger partial charge in [-0.2, -0.15) is 0 Å². The minimum absolute atomic E-state index is 0.639. The Morgan fingerprint density at radius 2 is 2.05 bits per heavy atom. The third-order valence-electron chi connectivity index (χ3n) is 4.22. The van der Waals surface area contributed by atoms with E-state index in [1.54, 1.807) is 11.3 Å². The summed E-state index contributed by atoms with van der Waals surface area (Å²) in [7, 11) is 0. The Kier molecular flexibility index (Phi) is 4.13. The molecule has 2 N–H and O–H groups in total. The standard InChI is InChI=1S/C16H24N4S/c1-4-7-20(8-12-5-6-12)9-13-18-15(17)14-10(2)11(3)21-16(14)19-13/h12H,4-9H2,1-3H3,(H2,17,18,19). The predicted molar refractivity (Wildman–Crippen MR) is 89.6 cm³/mol. The Morgan fingerprint density at radius 1 is 1.29 bits per heavy atom. The van der Waals surface area contributed by atoms with Crippen LogP contribution < -0.4 is 5.73 Å². The average molecular weight is 304 g/mol. The van der Waals surface area contributed by atoms with Gasteiger partial charge in [0.15, 0.2) is 0 Å². The van der Waals surface area contributed by atoms with E-state index >= 15 is 0 Å². The van der Waals surface area contributed by atoms with Crippen molar-refractivity contribution in [2.75, 3.05) is 18.8 Å². The van der Waals surface area contributed by atoms with Crippen LogP contribution in [-0.2, 0) is 6.54 Å². The third-order valence-corrected chi connectivity index (χ3v) is 5.32. The number of anilines is 1. The fourth-order valence-electron chi connectivity index (χ4n) is 2.81. The molecule has 3 rings (SSSR count). The fraction of sp³-hybridized carbons (Fsp3) is 0.625. The molecule has 1 fully saturated rings. The first kappa shape index (κ1) is 14.7. The van der Waals surface area contributed by atoms with Crippen LogP contribution in [0.5, 0.6) is 0 Å². The van der Waals surface area contributed by atoms with E-state index in [-0.39, 0.29) is 0 Å². The minimum atomic E-state index is 0.639. The van der Waals surface area contributed by atoms with Gasteiger partial charge in [-0.15, -0.1) is 11.3 Å². The van der Waals surface area contributed by atoms with Crippen LogP contribution in [0.2, 0.25) is 0 Å². The molecule has 0 amide bonds. The highest BCUT2D eigenvalue weighted by molar-refractivity contribution is 7.18. The molecule has 1 aliphatic rings. The summed E-state index contributed by atoms with van der Waals surface area (Å²) in [6.07, 6.45) is 3.93. The monoisotopic (exact) mass is 304 g/mol. The van der Waals surface area contributed by atoms with Crippen molar-refractivity contribution in [2.45, 2.75) is 46.6 Å². The van der Waals surface area contributed by atoms with Gasteiger partial charge in [-0.25, -0.2) is 9.97 Å². The Hall–Kier alpha value is -1.20. The van der Waals surface area contributed by atoms with Crippen LogP contribution in [0, 0.1) is 19.8 Å². The van der Waals surface area contributed by atoms with Crippen LogP contribution >= 0.6 is 11.3 Å². The lowest BCUT2D eigenvalue weighted by atomic mass is 10.2. The Bertz CT molecular complexity index is 645. The second-order valence-corrected chi connectivity index (χ2v) is 7.37. The first-order valence-electron chi connectivity index (χ1n) is 7.83. The van der Waals surface area contributed by atoms with Crippen molar-refractivity contribution in [3.05, 3.63) is 16.3 Å². The van der Waals surface area contributed by atoms with Crippen LogP contribution in [0.4, 0.5) is 5.82 Å². The van der Waals surface area contributed by atoms with Gasteiger partial charge >= 0.3 is 0 Å². The van der Waals surface area contributed by atoms with Gasteiger partial charge in [0.05, 0.1) is 11.9 Å². The molecule has 2 aromatic heterocycles. The molecule has 21 heavy (non-hydrogen) atoms. The molecule has 2 heterocycles. The van der Waals surface area contributed by atoms with Crippen molar-refractivity contribution >= 4 is 27.4 Å². The van der Waals surface area contributed by atoms with Crippen LogP contribution in [-0.4, -0.2) is 28.0 Å². The summed E-state index contributed by atoms with van der Waals surface area (Å²) in [6, 6.07) is 0. The van der Waals surface area contributed by atoms with Gasteiger partial charge in [-0.05, 0) is 51.1 Å². The molecule has 0 aliphatic heterocycles. The maximum atomic E-state index is 6.17. The summed E-state index contributed by atoms with van der Waals surface area (Å²) in [6.45, 7) is 9.56. The molecular weight excluding hydrogens is 280 g/mol. The number of rotatable bonds is 6. The van der Waals surface area contributed by atoms with E-state index in [1.807, 2.05) is 0 Å². The summed E-state index contributed by atoms with van der Waals surface area (Å²) >= 11 is 1.72. The van der Waals surface area contributed by atoms with Gasteiger partial charge in [0.1, 0.15) is 16.5 Å². The molecule has 1 aliphatic carbocycles. The van der Waals surface area contributed by atoms with E-state index in [9.17, 15) is 0 Å². The van der Waals surface area contributed by atoms with Crippen molar-refractivity contribution < 1.29 is 0 Å². The molecule has 0 radical (unpaired) electrons. The van der Waals surface area contributed by atoms with E-state index < -0.39 is 0 Å². The van der Waals surface area contributed by atoms with Gasteiger partial charge < -0.3 is 5.73 Å². The maximum absolute atomic E-state index is 6.17. The van der Waals surface area contributed by atoms with E-state index in [4.69, 9.17) is 10.7 Å². The fourth-order valence-corrected chi connectivity index (χ4v) is 3.87. The van der Waals surface area contributed by atoms with E-state index in [0.717, 1.165) is 35.0 Å². The first-order chi connectivity index (χ1) is 10.1. The lowest BCUT2D eigenvalue weighted by Gasteiger charge is -2.20. The number of hydrogen-bond donors (Lipinski definition) is 1. The molecule has 2 aromatic rings.